The Bertz CT molecular complexity index is 1330. The van der Waals surface area contributed by atoms with Gasteiger partial charge in [0.25, 0.3) is 6.43 Å². The Morgan fingerprint density at radius 1 is 1.18 bits per heavy atom. The molecule has 2 fully saturated rings. The van der Waals surface area contributed by atoms with Gasteiger partial charge in [0.2, 0.25) is 10.0 Å². The minimum absolute atomic E-state index is 0.0802. The van der Waals surface area contributed by atoms with E-state index in [0.717, 1.165) is 24.2 Å². The van der Waals surface area contributed by atoms with Crippen molar-refractivity contribution >= 4 is 38.0 Å². The number of nitrogens with one attached hydrogen (secondary N) is 2. The SMILES string of the molecule is CC1CN(c2cc(S(=O)(=O)NC3(C)CC3)cc3c(-c4nnc(C(F)F)s4)ncnc23)CC(C)N1. The van der Waals surface area contributed by atoms with E-state index in [0.29, 0.717) is 29.7 Å². The minimum Gasteiger partial charge on any atom is -0.367 e. The number of benzene rings is 1. The van der Waals surface area contributed by atoms with E-state index in [9.17, 15) is 17.2 Å². The Morgan fingerprint density at radius 2 is 1.88 bits per heavy atom. The van der Waals surface area contributed by atoms with Crippen molar-refractivity contribution in [1.29, 1.82) is 0 Å². The molecule has 13 heteroatoms. The Hall–Kier alpha value is -2.35. The van der Waals surface area contributed by atoms with Crippen molar-refractivity contribution in [2.24, 2.45) is 0 Å². The number of fused-ring (bicyclic) bond motifs is 1. The van der Waals surface area contributed by atoms with E-state index >= 15 is 0 Å². The van der Waals surface area contributed by atoms with E-state index in [2.05, 4.69) is 49.0 Å². The number of anilines is 1. The second-order valence-corrected chi connectivity index (χ2v) is 12.0. The van der Waals surface area contributed by atoms with Crippen LogP contribution in [0, 0.1) is 0 Å². The van der Waals surface area contributed by atoms with Gasteiger partial charge in [-0.05, 0) is 45.7 Å². The zero-order valence-electron chi connectivity index (χ0n) is 18.9. The Labute approximate surface area is 200 Å². The third kappa shape index (κ3) is 4.49. The number of piperazine rings is 1. The van der Waals surface area contributed by atoms with Gasteiger partial charge in [-0.1, -0.05) is 11.3 Å². The zero-order chi connectivity index (χ0) is 24.3. The second kappa shape index (κ2) is 8.40. The van der Waals surface area contributed by atoms with Crippen molar-refractivity contribution in [3.8, 4) is 10.7 Å². The van der Waals surface area contributed by atoms with Gasteiger partial charge in [0.1, 0.15) is 12.0 Å². The highest BCUT2D eigenvalue weighted by Crippen LogP contribution is 2.39. The van der Waals surface area contributed by atoms with Gasteiger partial charge in [0.05, 0.1) is 16.1 Å². The molecule has 5 rings (SSSR count). The summed E-state index contributed by atoms with van der Waals surface area (Å²) in [5.74, 6) is 0. The first-order valence-corrected chi connectivity index (χ1v) is 13.3. The van der Waals surface area contributed by atoms with E-state index < -0.39 is 27.0 Å². The summed E-state index contributed by atoms with van der Waals surface area (Å²) in [6.07, 6.45) is 0.139. The van der Waals surface area contributed by atoms with Crippen LogP contribution in [-0.2, 0) is 10.0 Å². The largest absolute Gasteiger partial charge is 0.367 e. The first-order chi connectivity index (χ1) is 16.0. The normalized spacial score (nSPS) is 22.5. The standard InChI is InChI=1S/C21H25F2N7O2S2/c1-11-8-30(9-12(2)26-11)15-7-13(34(31,32)29-21(3)4-5-21)6-14-16(15)24-10-25-17(14)19-27-28-20(33-19)18(22)23/h6-7,10-12,18,26,29H,4-5,8-9H2,1-3H3. The van der Waals surface area contributed by atoms with Crippen LogP contribution >= 0.6 is 11.3 Å². The Balaban J connectivity index is 1.71. The van der Waals surface area contributed by atoms with Crippen molar-refractivity contribution in [3.05, 3.63) is 23.5 Å². The Kier molecular flexibility index (Phi) is 5.78. The van der Waals surface area contributed by atoms with Gasteiger partial charge in [0.15, 0.2) is 10.0 Å². The van der Waals surface area contributed by atoms with Crippen molar-refractivity contribution in [1.82, 2.24) is 30.2 Å². The number of alkyl halides is 2. The monoisotopic (exact) mass is 509 g/mol. The zero-order valence-corrected chi connectivity index (χ0v) is 20.6. The second-order valence-electron chi connectivity index (χ2n) is 9.35. The summed E-state index contributed by atoms with van der Waals surface area (Å²) in [7, 11) is -3.84. The average Bonchev–Trinajstić information content (AvgIpc) is 3.27. The van der Waals surface area contributed by atoms with Crippen molar-refractivity contribution in [2.45, 2.75) is 62.6 Å². The predicted molar refractivity (Wildman–Crippen MR) is 126 cm³/mol. The first-order valence-electron chi connectivity index (χ1n) is 11.0. The van der Waals surface area contributed by atoms with Gasteiger partial charge in [-0.2, -0.15) is 0 Å². The minimum atomic E-state index is -3.84. The summed E-state index contributed by atoms with van der Waals surface area (Å²) < 4.78 is 55.7. The molecule has 182 valence electrons. The lowest BCUT2D eigenvalue weighted by Gasteiger charge is -2.38. The molecule has 1 aliphatic heterocycles. The van der Waals surface area contributed by atoms with Gasteiger partial charge in [-0.25, -0.2) is 31.9 Å². The van der Waals surface area contributed by atoms with Gasteiger partial charge >= 0.3 is 0 Å². The predicted octanol–water partition coefficient (Wildman–Crippen LogP) is 3.10. The topological polar surface area (TPSA) is 113 Å². The quantitative estimate of drug-likeness (QED) is 0.521. The van der Waals surface area contributed by atoms with Crippen LogP contribution in [0.2, 0.25) is 0 Å². The maximum Gasteiger partial charge on any atom is 0.291 e. The molecule has 1 aromatic carbocycles. The average molecular weight is 510 g/mol. The van der Waals surface area contributed by atoms with Gasteiger partial charge in [-0.3, -0.25) is 0 Å². The lowest BCUT2D eigenvalue weighted by Crippen LogP contribution is -2.54. The molecule has 3 heterocycles. The van der Waals surface area contributed by atoms with Gasteiger partial charge in [0, 0.05) is 36.1 Å². The molecule has 34 heavy (non-hydrogen) atoms. The third-order valence-corrected chi connectivity index (χ3v) is 8.67. The van der Waals surface area contributed by atoms with Crippen molar-refractivity contribution in [3.63, 3.8) is 0 Å². The highest BCUT2D eigenvalue weighted by atomic mass is 32.2. The molecule has 9 nitrogen and oxygen atoms in total. The van der Waals surface area contributed by atoms with Gasteiger partial charge < -0.3 is 10.2 Å². The summed E-state index contributed by atoms with van der Waals surface area (Å²) in [5, 5.41) is 11.1. The summed E-state index contributed by atoms with van der Waals surface area (Å²) in [6, 6.07) is 3.50. The van der Waals surface area contributed by atoms with Crippen LogP contribution < -0.4 is 14.9 Å². The first kappa shape index (κ1) is 23.4. The molecule has 0 radical (unpaired) electrons. The van der Waals surface area contributed by atoms with E-state index in [4.69, 9.17) is 0 Å². The number of aromatic nitrogens is 4. The highest BCUT2D eigenvalue weighted by molar-refractivity contribution is 7.89. The van der Waals surface area contributed by atoms with E-state index in [1.54, 1.807) is 6.07 Å². The van der Waals surface area contributed by atoms with Crippen molar-refractivity contribution in [2.75, 3.05) is 18.0 Å². The number of halogens is 2. The molecule has 0 spiro atoms. The fourth-order valence-corrected chi connectivity index (χ4v) is 6.53. The number of nitrogens with zero attached hydrogens (tertiary/aromatic N) is 5. The van der Waals surface area contributed by atoms with Crippen LogP contribution in [0.5, 0.6) is 0 Å². The molecule has 1 aliphatic carbocycles. The van der Waals surface area contributed by atoms with Crippen LogP contribution in [0.1, 0.15) is 45.0 Å². The molecule has 2 unspecified atom stereocenters. The van der Waals surface area contributed by atoms with Gasteiger partial charge in [-0.15, -0.1) is 10.2 Å². The number of sulfonamides is 1. The highest BCUT2D eigenvalue weighted by Gasteiger charge is 2.41. The fraction of sp³-hybridized carbons (Fsp3) is 0.524. The van der Waals surface area contributed by atoms with E-state index in [1.807, 2.05) is 6.92 Å². The number of hydrogen-bond donors (Lipinski definition) is 2. The lowest BCUT2D eigenvalue weighted by molar-refractivity contribution is 0.150. The molecular weight excluding hydrogens is 484 g/mol. The fourth-order valence-electron chi connectivity index (χ4n) is 4.30. The number of rotatable bonds is 6. The van der Waals surface area contributed by atoms with Crippen LogP contribution in [0.25, 0.3) is 21.6 Å². The van der Waals surface area contributed by atoms with Crippen LogP contribution in [0.4, 0.5) is 14.5 Å². The molecule has 2 aromatic heterocycles. The molecule has 2 aliphatic rings. The molecule has 3 aromatic rings. The summed E-state index contributed by atoms with van der Waals surface area (Å²) in [6.45, 7) is 7.31. The molecule has 0 amide bonds. The van der Waals surface area contributed by atoms with E-state index in [1.165, 1.54) is 12.4 Å². The van der Waals surface area contributed by atoms with Crippen LogP contribution in [0.3, 0.4) is 0 Å². The summed E-state index contributed by atoms with van der Waals surface area (Å²) in [4.78, 5) is 10.9. The smallest absolute Gasteiger partial charge is 0.291 e. The van der Waals surface area contributed by atoms with Crippen LogP contribution in [-0.4, -0.2) is 59.3 Å². The maximum absolute atomic E-state index is 13.3. The summed E-state index contributed by atoms with van der Waals surface area (Å²) >= 11 is 0.733. The Morgan fingerprint density at radius 3 is 2.50 bits per heavy atom. The molecular formula is C21H25F2N7O2S2. The van der Waals surface area contributed by atoms with E-state index in [-0.39, 0.29) is 27.7 Å². The van der Waals surface area contributed by atoms with Crippen LogP contribution in [0.15, 0.2) is 23.4 Å². The maximum atomic E-state index is 13.3. The molecule has 1 saturated carbocycles. The lowest BCUT2D eigenvalue weighted by atomic mass is 10.1. The molecule has 1 saturated heterocycles. The molecule has 2 atom stereocenters. The summed E-state index contributed by atoms with van der Waals surface area (Å²) in [5.41, 5.74) is 1.02. The molecule has 0 bridgehead atoms. The number of hydrogen-bond acceptors (Lipinski definition) is 9. The molecule has 2 N–H and O–H groups in total. The third-order valence-electron chi connectivity index (χ3n) is 6.11. The van der Waals surface area contributed by atoms with Crippen molar-refractivity contribution < 1.29 is 17.2 Å².